The van der Waals surface area contributed by atoms with Crippen molar-refractivity contribution < 1.29 is 13.2 Å². The predicted molar refractivity (Wildman–Crippen MR) is 74.6 cm³/mol. The summed E-state index contributed by atoms with van der Waals surface area (Å²) in [6.45, 7) is 2.18. The molecule has 0 saturated carbocycles. The summed E-state index contributed by atoms with van der Waals surface area (Å²) < 4.78 is 38.7. The van der Waals surface area contributed by atoms with Gasteiger partial charge in [-0.1, -0.05) is 43.3 Å². The van der Waals surface area contributed by atoms with Gasteiger partial charge in [-0.25, -0.2) is 0 Å². The summed E-state index contributed by atoms with van der Waals surface area (Å²) in [6, 6.07) is 13.3. The second kappa shape index (κ2) is 5.99. The lowest BCUT2D eigenvalue weighted by Gasteiger charge is -2.15. The number of para-hydroxylation sites is 1. The van der Waals surface area contributed by atoms with E-state index < -0.39 is 11.7 Å². The zero-order chi connectivity index (χ0) is 14.6. The van der Waals surface area contributed by atoms with Crippen LogP contribution in [0.15, 0.2) is 48.5 Å². The standard InChI is InChI=1S/C16H16F3N/c1-2-12-7-4-6-10-15(12)20-11-13-8-3-5-9-14(13)16(17,18)19/h3-10,20H,2,11H2,1H3. The number of nitrogens with one attached hydrogen (secondary N) is 1. The Labute approximate surface area is 116 Å². The van der Waals surface area contributed by atoms with Crippen molar-refractivity contribution in [3.63, 3.8) is 0 Å². The number of aryl methyl sites for hydroxylation is 1. The lowest BCUT2D eigenvalue weighted by atomic mass is 10.1. The van der Waals surface area contributed by atoms with Crippen molar-refractivity contribution in [3.05, 3.63) is 65.2 Å². The molecule has 0 aliphatic carbocycles. The highest BCUT2D eigenvalue weighted by Crippen LogP contribution is 2.32. The van der Waals surface area contributed by atoms with Crippen LogP contribution in [0.2, 0.25) is 0 Å². The van der Waals surface area contributed by atoms with Gasteiger partial charge in [-0.05, 0) is 29.7 Å². The van der Waals surface area contributed by atoms with Crippen LogP contribution in [0.25, 0.3) is 0 Å². The third-order valence-corrected chi connectivity index (χ3v) is 3.19. The fourth-order valence-electron chi connectivity index (χ4n) is 2.14. The molecular weight excluding hydrogens is 263 g/mol. The minimum Gasteiger partial charge on any atom is -0.381 e. The van der Waals surface area contributed by atoms with Crippen molar-refractivity contribution >= 4 is 5.69 Å². The molecule has 0 bridgehead atoms. The van der Waals surface area contributed by atoms with E-state index in [1.165, 1.54) is 12.1 Å². The van der Waals surface area contributed by atoms with Crippen molar-refractivity contribution in [3.8, 4) is 0 Å². The maximum atomic E-state index is 12.9. The number of anilines is 1. The number of hydrogen-bond acceptors (Lipinski definition) is 1. The van der Waals surface area contributed by atoms with Crippen LogP contribution in [0.3, 0.4) is 0 Å². The van der Waals surface area contributed by atoms with Gasteiger partial charge in [0.05, 0.1) is 5.56 Å². The first-order valence-electron chi connectivity index (χ1n) is 6.49. The Balaban J connectivity index is 2.20. The van der Waals surface area contributed by atoms with Crippen LogP contribution in [0.4, 0.5) is 18.9 Å². The summed E-state index contributed by atoms with van der Waals surface area (Å²) in [4.78, 5) is 0. The second-order valence-corrected chi connectivity index (χ2v) is 4.52. The van der Waals surface area contributed by atoms with Gasteiger partial charge in [0, 0.05) is 12.2 Å². The largest absolute Gasteiger partial charge is 0.416 e. The summed E-state index contributed by atoms with van der Waals surface area (Å²) in [5.74, 6) is 0. The van der Waals surface area contributed by atoms with Crippen molar-refractivity contribution in [1.29, 1.82) is 0 Å². The van der Waals surface area contributed by atoms with Crippen molar-refractivity contribution in [2.75, 3.05) is 5.32 Å². The Morgan fingerprint density at radius 2 is 1.50 bits per heavy atom. The molecule has 106 valence electrons. The van der Waals surface area contributed by atoms with Crippen LogP contribution >= 0.6 is 0 Å². The van der Waals surface area contributed by atoms with Crippen molar-refractivity contribution in [2.24, 2.45) is 0 Å². The van der Waals surface area contributed by atoms with Gasteiger partial charge in [-0.15, -0.1) is 0 Å². The number of halogens is 3. The molecule has 0 heterocycles. The molecule has 0 spiro atoms. The van der Waals surface area contributed by atoms with E-state index in [1.54, 1.807) is 6.07 Å². The van der Waals surface area contributed by atoms with Gasteiger partial charge in [0.1, 0.15) is 0 Å². The van der Waals surface area contributed by atoms with E-state index in [4.69, 9.17) is 0 Å². The van der Waals surface area contributed by atoms with E-state index in [0.29, 0.717) is 0 Å². The van der Waals surface area contributed by atoms with Crippen LogP contribution in [0.5, 0.6) is 0 Å². The maximum absolute atomic E-state index is 12.9. The molecule has 2 aromatic rings. The highest BCUT2D eigenvalue weighted by Gasteiger charge is 2.32. The Hall–Kier alpha value is -1.97. The molecule has 2 aromatic carbocycles. The van der Waals surface area contributed by atoms with Gasteiger partial charge in [-0.2, -0.15) is 13.2 Å². The zero-order valence-electron chi connectivity index (χ0n) is 11.2. The second-order valence-electron chi connectivity index (χ2n) is 4.52. The van der Waals surface area contributed by atoms with E-state index in [9.17, 15) is 13.2 Å². The van der Waals surface area contributed by atoms with Crippen LogP contribution in [-0.2, 0) is 19.1 Å². The van der Waals surface area contributed by atoms with E-state index in [1.807, 2.05) is 31.2 Å². The SMILES string of the molecule is CCc1ccccc1NCc1ccccc1C(F)(F)F. The summed E-state index contributed by atoms with van der Waals surface area (Å²) >= 11 is 0. The topological polar surface area (TPSA) is 12.0 Å². The molecule has 0 amide bonds. The Bertz CT molecular complexity index is 576. The molecule has 0 atom stereocenters. The van der Waals surface area contributed by atoms with Crippen molar-refractivity contribution in [2.45, 2.75) is 26.1 Å². The number of hydrogen-bond donors (Lipinski definition) is 1. The predicted octanol–water partition coefficient (Wildman–Crippen LogP) is 4.88. The smallest absolute Gasteiger partial charge is 0.381 e. The van der Waals surface area contributed by atoms with Crippen molar-refractivity contribution in [1.82, 2.24) is 0 Å². The highest BCUT2D eigenvalue weighted by molar-refractivity contribution is 5.51. The van der Waals surface area contributed by atoms with Gasteiger partial charge < -0.3 is 5.32 Å². The fourth-order valence-corrected chi connectivity index (χ4v) is 2.14. The van der Waals surface area contributed by atoms with Gasteiger partial charge >= 0.3 is 6.18 Å². The molecule has 0 unspecified atom stereocenters. The number of rotatable bonds is 4. The third kappa shape index (κ3) is 3.32. The quantitative estimate of drug-likeness (QED) is 0.841. The molecule has 0 aliphatic rings. The molecule has 2 rings (SSSR count). The van der Waals surface area contributed by atoms with Crippen LogP contribution < -0.4 is 5.32 Å². The average Bonchev–Trinajstić information content (AvgIpc) is 2.44. The lowest BCUT2D eigenvalue weighted by molar-refractivity contribution is -0.138. The van der Waals surface area contributed by atoms with E-state index in [2.05, 4.69) is 5.32 Å². The first kappa shape index (κ1) is 14.4. The van der Waals surface area contributed by atoms with Crippen LogP contribution in [0.1, 0.15) is 23.6 Å². The Kier molecular flexibility index (Phi) is 4.32. The summed E-state index contributed by atoms with van der Waals surface area (Å²) in [7, 11) is 0. The van der Waals surface area contributed by atoms with E-state index in [-0.39, 0.29) is 12.1 Å². The molecule has 0 radical (unpaired) electrons. The molecule has 1 N–H and O–H groups in total. The summed E-state index contributed by atoms with van der Waals surface area (Å²) in [5.41, 5.74) is 1.65. The normalized spacial score (nSPS) is 11.4. The van der Waals surface area contributed by atoms with Crippen LogP contribution in [-0.4, -0.2) is 0 Å². The first-order valence-corrected chi connectivity index (χ1v) is 6.49. The van der Waals surface area contributed by atoms with Gasteiger partial charge in [0.15, 0.2) is 0 Å². The molecule has 0 aromatic heterocycles. The minimum atomic E-state index is -4.32. The van der Waals surface area contributed by atoms with Crippen LogP contribution in [0, 0.1) is 0 Å². The molecule has 4 heteroatoms. The van der Waals surface area contributed by atoms with E-state index >= 15 is 0 Å². The summed E-state index contributed by atoms with van der Waals surface area (Å²) in [6.07, 6.45) is -3.48. The first-order chi connectivity index (χ1) is 9.52. The average molecular weight is 279 g/mol. The number of benzene rings is 2. The summed E-state index contributed by atoms with van der Waals surface area (Å²) in [5, 5.41) is 3.09. The van der Waals surface area contributed by atoms with E-state index in [0.717, 1.165) is 23.7 Å². The Morgan fingerprint density at radius 3 is 2.15 bits per heavy atom. The number of alkyl halides is 3. The molecule has 0 aliphatic heterocycles. The monoisotopic (exact) mass is 279 g/mol. The lowest BCUT2D eigenvalue weighted by Crippen LogP contribution is -2.12. The molecule has 20 heavy (non-hydrogen) atoms. The van der Waals surface area contributed by atoms with Gasteiger partial charge in [-0.3, -0.25) is 0 Å². The maximum Gasteiger partial charge on any atom is 0.416 e. The van der Waals surface area contributed by atoms with Gasteiger partial charge in [0.25, 0.3) is 0 Å². The molecule has 1 nitrogen and oxygen atoms in total. The molecule has 0 saturated heterocycles. The van der Waals surface area contributed by atoms with Gasteiger partial charge in [0.2, 0.25) is 0 Å². The fraction of sp³-hybridized carbons (Fsp3) is 0.250. The molecular formula is C16H16F3N. The third-order valence-electron chi connectivity index (χ3n) is 3.19. The zero-order valence-corrected chi connectivity index (χ0v) is 11.2. The molecule has 0 fully saturated rings. The highest BCUT2D eigenvalue weighted by atomic mass is 19.4. The minimum absolute atomic E-state index is 0.159. The Morgan fingerprint density at radius 1 is 0.900 bits per heavy atom.